The zero-order chi connectivity index (χ0) is 15.2. The molecular formula is C16H18FNO2S. The lowest BCUT2D eigenvalue weighted by Crippen LogP contribution is -2.30. The smallest absolute Gasteiger partial charge is 0.224 e. The van der Waals surface area contributed by atoms with Crippen molar-refractivity contribution in [3.8, 4) is 0 Å². The molecule has 1 aromatic heterocycles. The zero-order valence-corrected chi connectivity index (χ0v) is 12.9. The summed E-state index contributed by atoms with van der Waals surface area (Å²) in [4.78, 5) is 14.2. The first-order valence-electron chi connectivity index (χ1n) is 6.68. The molecule has 0 aliphatic heterocycles. The van der Waals surface area contributed by atoms with Gasteiger partial charge in [0, 0.05) is 23.4 Å². The van der Waals surface area contributed by atoms with Gasteiger partial charge in [-0.05, 0) is 36.8 Å². The van der Waals surface area contributed by atoms with Crippen molar-refractivity contribution in [1.82, 2.24) is 5.32 Å². The van der Waals surface area contributed by atoms with Crippen LogP contribution in [0.25, 0.3) is 0 Å². The first-order chi connectivity index (χ1) is 10.1. The minimum atomic E-state index is -0.299. The maximum Gasteiger partial charge on any atom is 0.224 e. The number of aryl methyl sites for hydroxylation is 1. The van der Waals surface area contributed by atoms with Crippen LogP contribution in [0, 0.1) is 12.7 Å². The SMILES string of the molecule is CO[C@@H](CNC(=O)Cc1ccc(F)cc1)c1ccc(C)s1. The number of rotatable bonds is 6. The topological polar surface area (TPSA) is 38.3 Å². The summed E-state index contributed by atoms with van der Waals surface area (Å²) in [5.74, 6) is -0.399. The second-order valence-electron chi connectivity index (χ2n) is 4.78. The summed E-state index contributed by atoms with van der Waals surface area (Å²) in [5.41, 5.74) is 0.787. The van der Waals surface area contributed by atoms with E-state index in [0.717, 1.165) is 10.4 Å². The fourth-order valence-electron chi connectivity index (χ4n) is 1.98. The Morgan fingerprint density at radius 2 is 2.00 bits per heavy atom. The van der Waals surface area contributed by atoms with E-state index in [1.807, 2.05) is 19.1 Å². The average molecular weight is 307 g/mol. The van der Waals surface area contributed by atoms with Crippen molar-refractivity contribution in [2.45, 2.75) is 19.4 Å². The van der Waals surface area contributed by atoms with Gasteiger partial charge in [-0.25, -0.2) is 4.39 Å². The highest BCUT2D eigenvalue weighted by molar-refractivity contribution is 7.12. The first kappa shape index (κ1) is 15.7. The Kier molecular flexibility index (Phi) is 5.47. The standard InChI is InChI=1S/C16H18FNO2S/c1-11-3-8-15(21-11)14(20-2)10-18-16(19)9-12-4-6-13(17)7-5-12/h3-8,14H,9-10H2,1-2H3,(H,18,19)/t14-/m0/s1. The number of benzene rings is 1. The summed E-state index contributed by atoms with van der Waals surface area (Å²) < 4.78 is 18.2. The molecule has 1 N–H and O–H groups in total. The highest BCUT2D eigenvalue weighted by Crippen LogP contribution is 2.24. The minimum absolute atomic E-state index is 0.100. The lowest BCUT2D eigenvalue weighted by molar-refractivity contribution is -0.121. The Labute approximate surface area is 127 Å². The fourth-order valence-corrected chi connectivity index (χ4v) is 2.94. The first-order valence-corrected chi connectivity index (χ1v) is 7.50. The molecule has 0 aliphatic carbocycles. The van der Waals surface area contributed by atoms with Gasteiger partial charge in [0.05, 0.1) is 6.42 Å². The zero-order valence-electron chi connectivity index (χ0n) is 12.1. The Morgan fingerprint density at radius 3 is 2.57 bits per heavy atom. The van der Waals surface area contributed by atoms with Crippen LogP contribution in [0.5, 0.6) is 0 Å². The van der Waals surface area contributed by atoms with Gasteiger partial charge in [0.2, 0.25) is 5.91 Å². The number of thiophene rings is 1. The molecule has 1 heterocycles. The highest BCUT2D eigenvalue weighted by Gasteiger charge is 2.14. The highest BCUT2D eigenvalue weighted by atomic mass is 32.1. The molecule has 3 nitrogen and oxygen atoms in total. The number of carbonyl (C=O) groups excluding carboxylic acids is 1. The second-order valence-corrected chi connectivity index (χ2v) is 6.10. The van der Waals surface area contributed by atoms with Crippen LogP contribution in [0.2, 0.25) is 0 Å². The molecule has 0 saturated carbocycles. The van der Waals surface area contributed by atoms with Crippen LogP contribution in [-0.4, -0.2) is 19.6 Å². The minimum Gasteiger partial charge on any atom is -0.374 e. The molecule has 0 bridgehead atoms. The second kappa shape index (κ2) is 7.33. The van der Waals surface area contributed by atoms with Crippen molar-refractivity contribution in [1.29, 1.82) is 0 Å². The van der Waals surface area contributed by atoms with Crippen LogP contribution in [-0.2, 0) is 16.0 Å². The van der Waals surface area contributed by atoms with Gasteiger partial charge in [-0.1, -0.05) is 12.1 Å². The molecule has 2 rings (SSSR count). The summed E-state index contributed by atoms with van der Waals surface area (Å²) in [6, 6.07) is 9.99. The van der Waals surface area contributed by atoms with E-state index in [1.165, 1.54) is 17.0 Å². The molecule has 5 heteroatoms. The maximum atomic E-state index is 12.8. The number of hydrogen-bond acceptors (Lipinski definition) is 3. The van der Waals surface area contributed by atoms with Crippen LogP contribution in [0.3, 0.4) is 0 Å². The fraction of sp³-hybridized carbons (Fsp3) is 0.312. The average Bonchev–Trinajstić information content (AvgIpc) is 2.89. The van der Waals surface area contributed by atoms with E-state index in [0.29, 0.717) is 6.54 Å². The molecule has 0 radical (unpaired) electrons. The van der Waals surface area contributed by atoms with E-state index in [-0.39, 0.29) is 24.2 Å². The molecule has 1 atom stereocenters. The number of methoxy groups -OCH3 is 1. The summed E-state index contributed by atoms with van der Waals surface area (Å²) in [6.07, 6.45) is 0.0982. The maximum absolute atomic E-state index is 12.8. The predicted molar refractivity (Wildman–Crippen MR) is 81.9 cm³/mol. The number of ether oxygens (including phenoxy) is 1. The molecule has 0 fully saturated rings. The Morgan fingerprint density at radius 1 is 1.29 bits per heavy atom. The van der Waals surface area contributed by atoms with Crippen molar-refractivity contribution in [3.05, 3.63) is 57.5 Å². The Hall–Kier alpha value is -1.72. The lowest BCUT2D eigenvalue weighted by atomic mass is 10.1. The summed E-state index contributed by atoms with van der Waals surface area (Å²) >= 11 is 1.66. The molecule has 21 heavy (non-hydrogen) atoms. The third-order valence-electron chi connectivity index (χ3n) is 3.13. The number of halogens is 1. The van der Waals surface area contributed by atoms with Gasteiger partial charge in [-0.15, -0.1) is 11.3 Å². The molecular weight excluding hydrogens is 289 g/mol. The molecule has 1 aromatic carbocycles. The van der Waals surface area contributed by atoms with Gasteiger partial charge >= 0.3 is 0 Å². The number of carbonyl (C=O) groups is 1. The predicted octanol–water partition coefficient (Wildman–Crippen LogP) is 3.24. The van der Waals surface area contributed by atoms with Crippen LogP contribution in [0.4, 0.5) is 4.39 Å². The van der Waals surface area contributed by atoms with Crippen LogP contribution in [0.1, 0.15) is 21.4 Å². The van der Waals surface area contributed by atoms with Gasteiger partial charge in [-0.3, -0.25) is 4.79 Å². The van der Waals surface area contributed by atoms with E-state index in [1.54, 1.807) is 30.6 Å². The van der Waals surface area contributed by atoms with Gasteiger partial charge in [0.1, 0.15) is 11.9 Å². The van der Waals surface area contributed by atoms with Crippen LogP contribution >= 0.6 is 11.3 Å². The van der Waals surface area contributed by atoms with Crippen molar-refractivity contribution in [2.24, 2.45) is 0 Å². The molecule has 2 aromatic rings. The summed E-state index contributed by atoms with van der Waals surface area (Å²) in [5, 5.41) is 2.85. The van der Waals surface area contributed by atoms with E-state index < -0.39 is 0 Å². The van der Waals surface area contributed by atoms with E-state index in [9.17, 15) is 9.18 Å². The van der Waals surface area contributed by atoms with Gasteiger partial charge < -0.3 is 10.1 Å². The van der Waals surface area contributed by atoms with Crippen molar-refractivity contribution < 1.29 is 13.9 Å². The molecule has 0 aliphatic rings. The molecule has 0 unspecified atom stereocenters. The lowest BCUT2D eigenvalue weighted by Gasteiger charge is -2.14. The molecule has 0 saturated heterocycles. The monoisotopic (exact) mass is 307 g/mol. The third kappa shape index (κ3) is 4.65. The largest absolute Gasteiger partial charge is 0.374 e. The quantitative estimate of drug-likeness (QED) is 0.889. The number of nitrogens with one attached hydrogen (secondary N) is 1. The van der Waals surface area contributed by atoms with Crippen molar-refractivity contribution in [2.75, 3.05) is 13.7 Å². The molecule has 1 amide bonds. The van der Waals surface area contributed by atoms with E-state index in [2.05, 4.69) is 5.32 Å². The van der Waals surface area contributed by atoms with Crippen molar-refractivity contribution in [3.63, 3.8) is 0 Å². The summed E-state index contributed by atoms with van der Waals surface area (Å²) in [6.45, 7) is 2.46. The number of amides is 1. The molecule has 112 valence electrons. The van der Waals surface area contributed by atoms with Gasteiger partial charge in [0.15, 0.2) is 0 Å². The van der Waals surface area contributed by atoms with Crippen LogP contribution in [0.15, 0.2) is 36.4 Å². The van der Waals surface area contributed by atoms with E-state index in [4.69, 9.17) is 4.74 Å². The number of hydrogen-bond donors (Lipinski definition) is 1. The van der Waals surface area contributed by atoms with E-state index >= 15 is 0 Å². The summed E-state index contributed by atoms with van der Waals surface area (Å²) in [7, 11) is 1.63. The third-order valence-corrected chi connectivity index (χ3v) is 4.22. The van der Waals surface area contributed by atoms with Gasteiger partial charge in [-0.2, -0.15) is 0 Å². The van der Waals surface area contributed by atoms with Gasteiger partial charge in [0.25, 0.3) is 0 Å². The normalized spacial score (nSPS) is 12.1. The van der Waals surface area contributed by atoms with Crippen LogP contribution < -0.4 is 5.32 Å². The molecule has 0 spiro atoms. The Balaban J connectivity index is 1.86. The van der Waals surface area contributed by atoms with Crippen molar-refractivity contribution >= 4 is 17.2 Å². The Bertz CT molecular complexity index is 595.